The fourth-order valence-electron chi connectivity index (χ4n) is 2.99. The molecule has 2 rings (SSSR count). The van der Waals surface area contributed by atoms with E-state index in [0.717, 1.165) is 11.4 Å². The van der Waals surface area contributed by atoms with Crippen molar-refractivity contribution >= 4 is 11.9 Å². The molecule has 0 aromatic carbocycles. The molecule has 6 heteroatoms. The number of aryl methyl sites for hydroxylation is 1. The molecule has 1 saturated heterocycles. The average molecular weight is 294 g/mol. The first-order valence-corrected chi connectivity index (χ1v) is 7.14. The van der Waals surface area contributed by atoms with Gasteiger partial charge in [0.2, 0.25) is 0 Å². The summed E-state index contributed by atoms with van der Waals surface area (Å²) in [4.78, 5) is 25.4. The van der Waals surface area contributed by atoms with E-state index >= 15 is 0 Å². The minimum Gasteiger partial charge on any atom is -0.480 e. The monoisotopic (exact) mass is 294 g/mol. The Morgan fingerprint density at radius 2 is 2.05 bits per heavy atom. The number of ether oxygens (including phenoxy) is 1. The number of aliphatic carboxylic acids is 1. The SMILES string of the molecule is Cc1cc(C(=O)N2CCOC[C@@H]2C(=O)O)c(C)n1C(C)C. The van der Waals surface area contributed by atoms with Crippen molar-refractivity contribution in [2.75, 3.05) is 19.8 Å². The Hall–Kier alpha value is -1.82. The van der Waals surface area contributed by atoms with Crippen molar-refractivity contribution < 1.29 is 19.4 Å². The lowest BCUT2D eigenvalue weighted by Crippen LogP contribution is -2.52. The summed E-state index contributed by atoms with van der Waals surface area (Å²) in [5.41, 5.74) is 2.46. The van der Waals surface area contributed by atoms with Crippen LogP contribution in [-0.4, -0.2) is 52.3 Å². The normalized spacial score (nSPS) is 19.1. The van der Waals surface area contributed by atoms with E-state index in [1.165, 1.54) is 4.90 Å². The fraction of sp³-hybridized carbons (Fsp3) is 0.600. The van der Waals surface area contributed by atoms with Gasteiger partial charge in [-0.15, -0.1) is 0 Å². The van der Waals surface area contributed by atoms with Gasteiger partial charge in [0.1, 0.15) is 0 Å². The summed E-state index contributed by atoms with van der Waals surface area (Å²) in [7, 11) is 0. The highest BCUT2D eigenvalue weighted by atomic mass is 16.5. The molecule has 0 bridgehead atoms. The molecule has 21 heavy (non-hydrogen) atoms. The molecule has 1 aliphatic heterocycles. The molecule has 0 aliphatic carbocycles. The molecule has 0 spiro atoms. The molecule has 1 aliphatic rings. The maximum Gasteiger partial charge on any atom is 0.328 e. The van der Waals surface area contributed by atoms with E-state index in [9.17, 15) is 14.7 Å². The maximum absolute atomic E-state index is 12.7. The summed E-state index contributed by atoms with van der Waals surface area (Å²) in [6, 6.07) is 1.19. The van der Waals surface area contributed by atoms with Crippen LogP contribution >= 0.6 is 0 Å². The standard InChI is InChI=1S/C15H22N2O4/c1-9(2)17-10(3)7-12(11(17)4)14(18)16-5-6-21-8-13(16)15(19)20/h7,9,13H,5-6,8H2,1-4H3,(H,19,20)/t13-/m1/s1. The van der Waals surface area contributed by atoms with Gasteiger partial charge in [0.25, 0.3) is 5.91 Å². The third-order valence-corrected chi connectivity index (χ3v) is 3.91. The minimum absolute atomic E-state index is 0.0456. The van der Waals surface area contributed by atoms with Crippen molar-refractivity contribution in [1.29, 1.82) is 0 Å². The van der Waals surface area contributed by atoms with E-state index in [-0.39, 0.29) is 18.6 Å². The predicted molar refractivity (Wildman–Crippen MR) is 77.6 cm³/mol. The van der Waals surface area contributed by atoms with Crippen molar-refractivity contribution in [2.24, 2.45) is 0 Å². The van der Waals surface area contributed by atoms with E-state index in [0.29, 0.717) is 18.7 Å². The minimum atomic E-state index is -1.03. The number of aromatic nitrogens is 1. The van der Waals surface area contributed by atoms with Gasteiger partial charge in [0.05, 0.1) is 18.8 Å². The van der Waals surface area contributed by atoms with Crippen LogP contribution < -0.4 is 0 Å². The molecular weight excluding hydrogens is 272 g/mol. The summed E-state index contributed by atoms with van der Waals surface area (Å²) < 4.78 is 7.26. The Labute approximate surface area is 124 Å². The Bertz CT molecular complexity index is 562. The van der Waals surface area contributed by atoms with Crippen LogP contribution in [0.1, 0.15) is 41.6 Å². The molecule has 0 unspecified atom stereocenters. The predicted octanol–water partition coefficient (Wildman–Crippen LogP) is 1.61. The van der Waals surface area contributed by atoms with Crippen LogP contribution in [0.25, 0.3) is 0 Å². The number of hydrogen-bond acceptors (Lipinski definition) is 3. The lowest BCUT2D eigenvalue weighted by Gasteiger charge is -2.32. The van der Waals surface area contributed by atoms with E-state index in [1.807, 2.05) is 19.9 Å². The maximum atomic E-state index is 12.7. The molecule has 1 fully saturated rings. The number of morpholine rings is 1. The van der Waals surface area contributed by atoms with Crippen LogP contribution in [0.5, 0.6) is 0 Å². The first kappa shape index (κ1) is 15.6. The number of amides is 1. The topological polar surface area (TPSA) is 71.8 Å². The lowest BCUT2D eigenvalue weighted by atomic mass is 10.1. The van der Waals surface area contributed by atoms with Gasteiger partial charge >= 0.3 is 5.97 Å². The van der Waals surface area contributed by atoms with Crippen molar-refractivity contribution in [2.45, 2.75) is 39.8 Å². The van der Waals surface area contributed by atoms with Gasteiger partial charge in [-0.2, -0.15) is 0 Å². The van der Waals surface area contributed by atoms with Crippen LogP contribution in [0.15, 0.2) is 6.07 Å². The van der Waals surface area contributed by atoms with Crippen LogP contribution in [-0.2, 0) is 9.53 Å². The molecule has 6 nitrogen and oxygen atoms in total. The van der Waals surface area contributed by atoms with Gasteiger partial charge in [0, 0.05) is 24.0 Å². The molecule has 0 saturated carbocycles. The van der Waals surface area contributed by atoms with Crippen LogP contribution in [0, 0.1) is 13.8 Å². The zero-order valence-electron chi connectivity index (χ0n) is 12.9. The highest BCUT2D eigenvalue weighted by Gasteiger charge is 2.34. The van der Waals surface area contributed by atoms with E-state index < -0.39 is 12.0 Å². The van der Waals surface area contributed by atoms with E-state index in [2.05, 4.69) is 18.4 Å². The van der Waals surface area contributed by atoms with Gasteiger partial charge in [0.15, 0.2) is 6.04 Å². The van der Waals surface area contributed by atoms with Crippen molar-refractivity contribution in [3.05, 3.63) is 23.0 Å². The molecule has 2 heterocycles. The zero-order chi connectivity index (χ0) is 15.7. The third kappa shape index (κ3) is 2.81. The largest absolute Gasteiger partial charge is 0.480 e. The first-order valence-electron chi connectivity index (χ1n) is 7.14. The molecule has 1 atom stereocenters. The Morgan fingerprint density at radius 3 is 2.57 bits per heavy atom. The summed E-state index contributed by atoms with van der Waals surface area (Å²) >= 11 is 0. The second-order valence-electron chi connectivity index (χ2n) is 5.68. The quantitative estimate of drug-likeness (QED) is 0.919. The zero-order valence-corrected chi connectivity index (χ0v) is 12.9. The highest BCUT2D eigenvalue weighted by Crippen LogP contribution is 2.23. The number of nitrogens with zero attached hydrogens (tertiary/aromatic N) is 2. The van der Waals surface area contributed by atoms with Crippen LogP contribution in [0.2, 0.25) is 0 Å². The van der Waals surface area contributed by atoms with Gasteiger partial charge in [-0.25, -0.2) is 4.79 Å². The van der Waals surface area contributed by atoms with Crippen LogP contribution in [0.3, 0.4) is 0 Å². The molecule has 1 N–H and O–H groups in total. The lowest BCUT2D eigenvalue weighted by molar-refractivity contribution is -0.147. The van der Waals surface area contributed by atoms with Gasteiger partial charge < -0.3 is 19.3 Å². The fourth-order valence-corrected chi connectivity index (χ4v) is 2.99. The Kier molecular flexibility index (Phi) is 4.37. The highest BCUT2D eigenvalue weighted by molar-refractivity contribution is 5.98. The Balaban J connectivity index is 2.35. The third-order valence-electron chi connectivity index (χ3n) is 3.91. The van der Waals surface area contributed by atoms with E-state index in [4.69, 9.17) is 4.74 Å². The molecule has 0 radical (unpaired) electrons. The number of carboxylic acids is 1. The first-order chi connectivity index (χ1) is 9.84. The van der Waals surface area contributed by atoms with E-state index in [1.54, 1.807) is 0 Å². The van der Waals surface area contributed by atoms with Crippen molar-refractivity contribution in [3.8, 4) is 0 Å². The Morgan fingerprint density at radius 1 is 1.38 bits per heavy atom. The molecule has 116 valence electrons. The summed E-state index contributed by atoms with van der Waals surface area (Å²) in [5.74, 6) is -1.26. The van der Waals surface area contributed by atoms with Gasteiger partial charge in [-0.3, -0.25) is 4.79 Å². The smallest absolute Gasteiger partial charge is 0.328 e. The van der Waals surface area contributed by atoms with Crippen molar-refractivity contribution in [1.82, 2.24) is 9.47 Å². The summed E-state index contributed by atoms with van der Waals surface area (Å²) in [6.45, 7) is 8.70. The second kappa shape index (κ2) is 5.89. The summed E-state index contributed by atoms with van der Waals surface area (Å²) in [5, 5.41) is 9.24. The summed E-state index contributed by atoms with van der Waals surface area (Å²) in [6.07, 6.45) is 0. The number of hydrogen-bond donors (Lipinski definition) is 1. The van der Waals surface area contributed by atoms with Gasteiger partial charge in [-0.05, 0) is 33.8 Å². The number of carbonyl (C=O) groups is 2. The second-order valence-corrected chi connectivity index (χ2v) is 5.68. The molecule has 1 aromatic heterocycles. The average Bonchev–Trinajstić information content (AvgIpc) is 2.73. The molecular formula is C15H22N2O4. The van der Waals surface area contributed by atoms with Crippen LogP contribution in [0.4, 0.5) is 0 Å². The number of rotatable bonds is 3. The number of carboxylic acid groups (broad SMARTS) is 1. The number of carbonyl (C=O) groups excluding carboxylic acids is 1. The van der Waals surface area contributed by atoms with Crippen molar-refractivity contribution in [3.63, 3.8) is 0 Å². The molecule has 1 aromatic rings. The van der Waals surface area contributed by atoms with Gasteiger partial charge in [-0.1, -0.05) is 0 Å². The molecule has 1 amide bonds.